The molecule has 0 saturated heterocycles. The zero-order chi connectivity index (χ0) is 9.94. The van der Waals surface area contributed by atoms with Gasteiger partial charge in [-0.2, -0.15) is 5.26 Å². The van der Waals surface area contributed by atoms with E-state index in [1.165, 1.54) is 0 Å². The number of nitrogens with zero attached hydrogens (tertiary/aromatic N) is 1. The van der Waals surface area contributed by atoms with Crippen molar-refractivity contribution in [2.75, 3.05) is 0 Å². The van der Waals surface area contributed by atoms with Crippen LogP contribution in [0, 0.1) is 17.2 Å². The lowest BCUT2D eigenvalue weighted by Crippen LogP contribution is -1.96. The molecule has 13 heavy (non-hydrogen) atoms. The van der Waals surface area contributed by atoms with Crippen LogP contribution < -0.4 is 0 Å². The van der Waals surface area contributed by atoms with Gasteiger partial charge in [-0.15, -0.1) is 13.2 Å². The highest BCUT2D eigenvalue weighted by atomic mass is 14.3. The molecule has 0 N–H and O–H groups in total. The summed E-state index contributed by atoms with van der Waals surface area (Å²) in [6.07, 6.45) is 10.1. The second kappa shape index (κ2) is 9.06. The molecule has 0 aliphatic heterocycles. The molecule has 1 nitrogen and oxygen atoms in total. The van der Waals surface area contributed by atoms with Crippen LogP contribution in [0.25, 0.3) is 0 Å². The van der Waals surface area contributed by atoms with Crippen LogP contribution >= 0.6 is 0 Å². The van der Waals surface area contributed by atoms with Gasteiger partial charge in [0.1, 0.15) is 0 Å². The van der Waals surface area contributed by atoms with Gasteiger partial charge in [0.15, 0.2) is 0 Å². The molecule has 0 aliphatic rings. The zero-order valence-electron chi connectivity index (χ0n) is 8.34. The Balaban J connectivity index is 3.46. The molecule has 0 unspecified atom stereocenters. The van der Waals surface area contributed by atoms with E-state index in [1.807, 2.05) is 12.2 Å². The number of hydrogen-bond acceptors (Lipinski definition) is 1. The molecule has 0 aromatic heterocycles. The molecule has 0 fully saturated rings. The van der Waals surface area contributed by atoms with Crippen LogP contribution in [-0.4, -0.2) is 0 Å². The third-order valence-corrected chi connectivity index (χ3v) is 2.10. The van der Waals surface area contributed by atoms with Crippen molar-refractivity contribution in [3.05, 3.63) is 25.3 Å². The predicted octanol–water partition coefficient (Wildman–Crippen LogP) is 3.84. The fraction of sp³-hybridized carbons (Fsp3) is 0.583. The number of unbranched alkanes of at least 4 members (excludes halogenated alkanes) is 2. The fourth-order valence-corrected chi connectivity index (χ4v) is 1.29. The lowest BCUT2D eigenvalue weighted by molar-refractivity contribution is 0.519. The molecule has 0 spiro atoms. The normalized spacial score (nSPS) is 9.54. The number of allylic oxidation sites excluding steroid dienone is 2. The Morgan fingerprint density at radius 3 is 1.85 bits per heavy atom. The second-order valence-electron chi connectivity index (χ2n) is 3.27. The van der Waals surface area contributed by atoms with Gasteiger partial charge in [0.25, 0.3) is 0 Å². The summed E-state index contributed by atoms with van der Waals surface area (Å²) < 4.78 is 0. The minimum Gasteiger partial charge on any atom is -0.198 e. The summed E-state index contributed by atoms with van der Waals surface area (Å²) >= 11 is 0. The Morgan fingerprint density at radius 1 is 1.08 bits per heavy atom. The Kier molecular flexibility index (Phi) is 8.34. The fourth-order valence-electron chi connectivity index (χ4n) is 1.29. The molecule has 72 valence electrons. The lowest BCUT2D eigenvalue weighted by atomic mass is 9.97. The Hall–Kier alpha value is -1.03. The summed E-state index contributed by atoms with van der Waals surface area (Å²) in [5.41, 5.74) is 0. The Morgan fingerprint density at radius 2 is 1.54 bits per heavy atom. The molecule has 1 heteroatoms. The monoisotopic (exact) mass is 177 g/mol. The molecule has 0 saturated carbocycles. The van der Waals surface area contributed by atoms with Crippen LogP contribution in [0.2, 0.25) is 0 Å². The van der Waals surface area contributed by atoms with Gasteiger partial charge in [-0.3, -0.25) is 0 Å². The average molecular weight is 177 g/mol. The van der Waals surface area contributed by atoms with Gasteiger partial charge in [-0.1, -0.05) is 12.2 Å². The molecule has 0 aromatic carbocycles. The molecular formula is C12H19N. The van der Waals surface area contributed by atoms with Crippen molar-refractivity contribution in [3.63, 3.8) is 0 Å². The standard InChI is InChI=1S/C12H19N/c1-3-5-7-9-12(11-13)10-8-6-4-2/h3-4,12H,1-2,5-10H2. The maximum Gasteiger partial charge on any atom is 0.0655 e. The number of rotatable bonds is 8. The van der Waals surface area contributed by atoms with Crippen molar-refractivity contribution in [1.82, 2.24) is 0 Å². The Labute approximate surface area is 81.8 Å². The van der Waals surface area contributed by atoms with Crippen LogP contribution in [0.15, 0.2) is 25.3 Å². The number of nitriles is 1. The molecule has 0 bridgehead atoms. The minimum absolute atomic E-state index is 0.236. The van der Waals surface area contributed by atoms with Crippen molar-refractivity contribution in [1.29, 1.82) is 5.26 Å². The third kappa shape index (κ3) is 7.33. The second-order valence-corrected chi connectivity index (χ2v) is 3.27. The van der Waals surface area contributed by atoms with Gasteiger partial charge < -0.3 is 0 Å². The van der Waals surface area contributed by atoms with E-state index in [0.717, 1.165) is 38.5 Å². The van der Waals surface area contributed by atoms with E-state index in [-0.39, 0.29) is 5.92 Å². The Bertz CT molecular complexity index is 162. The summed E-state index contributed by atoms with van der Waals surface area (Å²) in [4.78, 5) is 0. The average Bonchev–Trinajstić information content (AvgIpc) is 2.16. The van der Waals surface area contributed by atoms with Gasteiger partial charge in [0.05, 0.1) is 6.07 Å². The smallest absolute Gasteiger partial charge is 0.0655 e. The summed E-state index contributed by atoms with van der Waals surface area (Å²) in [6.45, 7) is 7.33. The highest BCUT2D eigenvalue weighted by Crippen LogP contribution is 2.15. The largest absolute Gasteiger partial charge is 0.198 e. The quantitative estimate of drug-likeness (QED) is 0.408. The van der Waals surface area contributed by atoms with E-state index in [2.05, 4.69) is 19.2 Å². The topological polar surface area (TPSA) is 23.8 Å². The van der Waals surface area contributed by atoms with E-state index >= 15 is 0 Å². The van der Waals surface area contributed by atoms with Crippen molar-refractivity contribution < 1.29 is 0 Å². The summed E-state index contributed by atoms with van der Waals surface area (Å²) in [5, 5.41) is 8.82. The van der Waals surface area contributed by atoms with Gasteiger partial charge in [0, 0.05) is 5.92 Å². The molecule has 0 amide bonds. The SMILES string of the molecule is C=CCCCC(C#N)CCCC=C. The van der Waals surface area contributed by atoms with Crippen LogP contribution in [0.3, 0.4) is 0 Å². The molecule has 0 atom stereocenters. The zero-order valence-corrected chi connectivity index (χ0v) is 8.34. The van der Waals surface area contributed by atoms with Crippen molar-refractivity contribution in [2.24, 2.45) is 5.92 Å². The first kappa shape index (κ1) is 12.0. The van der Waals surface area contributed by atoms with Crippen molar-refractivity contribution >= 4 is 0 Å². The molecule has 0 rings (SSSR count). The minimum atomic E-state index is 0.236. The van der Waals surface area contributed by atoms with Crippen LogP contribution in [0.1, 0.15) is 38.5 Å². The van der Waals surface area contributed by atoms with Gasteiger partial charge >= 0.3 is 0 Å². The van der Waals surface area contributed by atoms with Gasteiger partial charge in [-0.05, 0) is 38.5 Å². The van der Waals surface area contributed by atoms with Gasteiger partial charge in [0.2, 0.25) is 0 Å². The first-order chi connectivity index (χ1) is 6.35. The maximum absolute atomic E-state index is 8.82. The van der Waals surface area contributed by atoms with Crippen molar-refractivity contribution in [2.45, 2.75) is 38.5 Å². The molecular weight excluding hydrogens is 158 g/mol. The summed E-state index contributed by atoms with van der Waals surface area (Å²) in [5.74, 6) is 0.236. The van der Waals surface area contributed by atoms with E-state index < -0.39 is 0 Å². The van der Waals surface area contributed by atoms with Crippen LogP contribution in [0.4, 0.5) is 0 Å². The highest BCUT2D eigenvalue weighted by molar-refractivity contribution is 4.84. The summed E-state index contributed by atoms with van der Waals surface area (Å²) in [6, 6.07) is 2.35. The van der Waals surface area contributed by atoms with Crippen LogP contribution in [0.5, 0.6) is 0 Å². The van der Waals surface area contributed by atoms with E-state index in [9.17, 15) is 0 Å². The number of hydrogen-bond donors (Lipinski definition) is 0. The first-order valence-electron chi connectivity index (χ1n) is 4.96. The maximum atomic E-state index is 8.82. The van der Waals surface area contributed by atoms with Crippen molar-refractivity contribution in [3.8, 4) is 6.07 Å². The van der Waals surface area contributed by atoms with E-state index in [4.69, 9.17) is 5.26 Å². The summed E-state index contributed by atoms with van der Waals surface area (Å²) in [7, 11) is 0. The predicted molar refractivity (Wildman–Crippen MR) is 57.2 cm³/mol. The van der Waals surface area contributed by atoms with E-state index in [0.29, 0.717) is 0 Å². The van der Waals surface area contributed by atoms with Crippen LogP contribution in [-0.2, 0) is 0 Å². The molecule has 0 heterocycles. The lowest BCUT2D eigenvalue weighted by Gasteiger charge is -2.06. The van der Waals surface area contributed by atoms with Gasteiger partial charge in [-0.25, -0.2) is 0 Å². The third-order valence-electron chi connectivity index (χ3n) is 2.10. The highest BCUT2D eigenvalue weighted by Gasteiger charge is 2.05. The molecule has 0 aliphatic carbocycles. The first-order valence-corrected chi connectivity index (χ1v) is 4.96. The van der Waals surface area contributed by atoms with E-state index in [1.54, 1.807) is 0 Å². The molecule has 0 radical (unpaired) electrons. The molecule has 0 aromatic rings.